The van der Waals surface area contributed by atoms with E-state index in [0.29, 0.717) is 20.3 Å². The van der Waals surface area contributed by atoms with Crippen LogP contribution < -0.4 is 0 Å². The van der Waals surface area contributed by atoms with Crippen molar-refractivity contribution in [1.29, 1.82) is 0 Å². The summed E-state index contributed by atoms with van der Waals surface area (Å²) in [5, 5.41) is 27.9. The Labute approximate surface area is 130 Å². The molecule has 8 heteroatoms. The number of hydrogen-bond acceptors (Lipinski definition) is 5. The van der Waals surface area contributed by atoms with Crippen LogP contribution in [-0.2, 0) is 0 Å². The summed E-state index contributed by atoms with van der Waals surface area (Å²) in [4.78, 5) is 10.1. The molecule has 0 saturated heterocycles. The Bertz CT molecular complexity index is 664. The maximum atomic E-state index is 10.5. The number of rotatable bonds is 3. The molecular formula is C12H7Br2N3O3. The van der Waals surface area contributed by atoms with Crippen LogP contribution in [0, 0.1) is 10.1 Å². The molecule has 0 saturated carbocycles. The van der Waals surface area contributed by atoms with Crippen molar-refractivity contribution in [2.75, 3.05) is 0 Å². The highest BCUT2D eigenvalue weighted by Gasteiger charge is 2.07. The molecule has 0 heterocycles. The molecule has 0 aliphatic carbocycles. The Morgan fingerprint density at radius 3 is 2.10 bits per heavy atom. The van der Waals surface area contributed by atoms with Crippen molar-refractivity contribution in [1.82, 2.24) is 0 Å². The minimum absolute atomic E-state index is 0.00376. The molecule has 6 nitrogen and oxygen atoms in total. The molecule has 2 aromatic rings. The van der Waals surface area contributed by atoms with E-state index in [0.717, 1.165) is 0 Å². The number of non-ortho nitro benzene ring substituents is 1. The van der Waals surface area contributed by atoms with Gasteiger partial charge in [0.25, 0.3) is 5.69 Å². The van der Waals surface area contributed by atoms with Gasteiger partial charge in [-0.1, -0.05) is 0 Å². The molecule has 0 aromatic heterocycles. The van der Waals surface area contributed by atoms with Crippen molar-refractivity contribution in [3.63, 3.8) is 0 Å². The third kappa shape index (κ3) is 3.40. The van der Waals surface area contributed by atoms with Crippen molar-refractivity contribution in [2.24, 2.45) is 10.2 Å². The van der Waals surface area contributed by atoms with Gasteiger partial charge in [0.15, 0.2) is 0 Å². The second-order valence-electron chi connectivity index (χ2n) is 3.73. The van der Waals surface area contributed by atoms with Gasteiger partial charge in [0.1, 0.15) is 11.4 Å². The zero-order valence-electron chi connectivity index (χ0n) is 9.83. The van der Waals surface area contributed by atoms with E-state index in [1.54, 1.807) is 0 Å². The predicted octanol–water partition coefficient (Wildman–Crippen LogP) is 5.24. The van der Waals surface area contributed by atoms with E-state index in [9.17, 15) is 15.2 Å². The molecule has 0 spiro atoms. The lowest BCUT2D eigenvalue weighted by Gasteiger charge is -2.01. The first-order chi connectivity index (χ1) is 9.47. The highest BCUT2D eigenvalue weighted by atomic mass is 79.9. The second-order valence-corrected chi connectivity index (χ2v) is 5.44. The topological polar surface area (TPSA) is 88.1 Å². The van der Waals surface area contributed by atoms with Crippen LogP contribution in [0.2, 0.25) is 0 Å². The molecule has 102 valence electrons. The number of hydrogen-bond donors (Lipinski definition) is 1. The third-order valence-corrected chi connectivity index (χ3v) is 3.54. The van der Waals surface area contributed by atoms with E-state index >= 15 is 0 Å². The van der Waals surface area contributed by atoms with Gasteiger partial charge in [0.2, 0.25) is 0 Å². The van der Waals surface area contributed by atoms with Gasteiger partial charge < -0.3 is 5.11 Å². The van der Waals surface area contributed by atoms with Crippen molar-refractivity contribution in [2.45, 2.75) is 0 Å². The lowest BCUT2D eigenvalue weighted by Crippen LogP contribution is -1.85. The number of nitrogens with zero attached hydrogens (tertiary/aromatic N) is 3. The van der Waals surface area contributed by atoms with Crippen LogP contribution in [0.4, 0.5) is 17.1 Å². The average molecular weight is 401 g/mol. The van der Waals surface area contributed by atoms with Gasteiger partial charge in [-0.25, -0.2) is 0 Å². The van der Waals surface area contributed by atoms with Gasteiger partial charge >= 0.3 is 0 Å². The van der Waals surface area contributed by atoms with E-state index in [-0.39, 0.29) is 11.4 Å². The average Bonchev–Trinajstić information content (AvgIpc) is 2.38. The summed E-state index contributed by atoms with van der Waals surface area (Å²) in [6.07, 6.45) is 0. The number of phenols is 1. The lowest BCUT2D eigenvalue weighted by molar-refractivity contribution is -0.384. The Morgan fingerprint density at radius 2 is 1.60 bits per heavy atom. The number of halogens is 2. The standard InChI is InChI=1S/C12H7Br2N3O3/c13-10-5-9(18)6-11(14)12(10)16-15-7-1-3-8(4-2-7)17(19)20/h1-6,18H. The molecular weight excluding hydrogens is 394 g/mol. The Hall–Kier alpha value is -1.80. The summed E-state index contributed by atoms with van der Waals surface area (Å²) in [6, 6.07) is 8.71. The molecule has 0 amide bonds. The third-order valence-electron chi connectivity index (χ3n) is 2.33. The summed E-state index contributed by atoms with van der Waals surface area (Å²) in [5.74, 6) is 0.0954. The SMILES string of the molecule is O=[N+]([O-])c1ccc(N=Nc2c(Br)cc(O)cc2Br)cc1. The minimum atomic E-state index is -0.478. The molecule has 0 bridgehead atoms. The molecule has 1 N–H and O–H groups in total. The molecule has 20 heavy (non-hydrogen) atoms. The maximum absolute atomic E-state index is 10.5. The summed E-state index contributed by atoms with van der Waals surface area (Å²) < 4.78 is 1.16. The van der Waals surface area contributed by atoms with Crippen LogP contribution in [0.25, 0.3) is 0 Å². The summed E-state index contributed by atoms with van der Waals surface area (Å²) in [6.45, 7) is 0. The number of aromatic hydroxyl groups is 1. The van der Waals surface area contributed by atoms with Crippen LogP contribution in [0.1, 0.15) is 0 Å². The number of phenolic OH excluding ortho intramolecular Hbond substituents is 1. The molecule has 0 fully saturated rings. The van der Waals surface area contributed by atoms with Crippen molar-refractivity contribution >= 4 is 48.9 Å². The van der Waals surface area contributed by atoms with Crippen LogP contribution >= 0.6 is 31.9 Å². The van der Waals surface area contributed by atoms with Crippen molar-refractivity contribution in [3.05, 3.63) is 55.5 Å². The molecule has 0 unspecified atom stereocenters. The fourth-order valence-electron chi connectivity index (χ4n) is 1.40. The Kier molecular flexibility index (Phi) is 4.46. The van der Waals surface area contributed by atoms with E-state index in [2.05, 4.69) is 42.1 Å². The quantitative estimate of drug-likeness (QED) is 0.434. The number of nitro groups is 1. The number of nitro benzene ring substituents is 1. The fraction of sp³-hybridized carbons (Fsp3) is 0. The molecule has 0 aliphatic rings. The number of azo groups is 1. The molecule has 2 aromatic carbocycles. The molecule has 0 aliphatic heterocycles. The van der Waals surface area contributed by atoms with Gasteiger partial charge in [-0.15, -0.1) is 5.11 Å². The van der Waals surface area contributed by atoms with Crippen molar-refractivity contribution in [3.8, 4) is 5.75 Å². The van der Waals surface area contributed by atoms with Crippen molar-refractivity contribution < 1.29 is 10.0 Å². The molecule has 0 atom stereocenters. The molecule has 0 radical (unpaired) electrons. The summed E-state index contributed by atoms with van der Waals surface area (Å²) >= 11 is 6.54. The largest absolute Gasteiger partial charge is 0.508 e. The molecule has 2 rings (SSSR count). The van der Waals surface area contributed by atoms with E-state index in [1.807, 2.05) is 0 Å². The maximum Gasteiger partial charge on any atom is 0.269 e. The van der Waals surface area contributed by atoms with Gasteiger partial charge in [0.05, 0.1) is 10.6 Å². The van der Waals surface area contributed by atoms with E-state index in [4.69, 9.17) is 0 Å². The normalized spacial score (nSPS) is 10.9. The zero-order chi connectivity index (χ0) is 14.7. The lowest BCUT2D eigenvalue weighted by atomic mass is 10.3. The van der Waals surface area contributed by atoms with Crippen LogP contribution in [0.5, 0.6) is 5.75 Å². The predicted molar refractivity (Wildman–Crippen MR) is 80.8 cm³/mol. The smallest absolute Gasteiger partial charge is 0.269 e. The minimum Gasteiger partial charge on any atom is -0.508 e. The van der Waals surface area contributed by atoms with Gasteiger partial charge in [-0.2, -0.15) is 5.11 Å². The van der Waals surface area contributed by atoms with Crippen LogP contribution in [0.15, 0.2) is 55.6 Å². The van der Waals surface area contributed by atoms with Crippen LogP contribution in [-0.4, -0.2) is 10.0 Å². The Morgan fingerprint density at radius 1 is 1.05 bits per heavy atom. The van der Waals surface area contributed by atoms with Gasteiger partial charge in [-0.3, -0.25) is 10.1 Å². The van der Waals surface area contributed by atoms with Gasteiger partial charge in [0, 0.05) is 21.1 Å². The first-order valence-electron chi connectivity index (χ1n) is 5.31. The number of benzene rings is 2. The van der Waals surface area contributed by atoms with E-state index in [1.165, 1.54) is 36.4 Å². The first kappa shape index (κ1) is 14.6. The fourth-order valence-corrected chi connectivity index (χ4v) is 2.72. The van der Waals surface area contributed by atoms with Crippen LogP contribution in [0.3, 0.4) is 0 Å². The van der Waals surface area contributed by atoms with Gasteiger partial charge in [-0.05, 0) is 56.1 Å². The van der Waals surface area contributed by atoms with E-state index < -0.39 is 4.92 Å². The zero-order valence-corrected chi connectivity index (χ0v) is 13.0. The Balaban J connectivity index is 2.27. The first-order valence-corrected chi connectivity index (χ1v) is 6.90. The summed E-state index contributed by atoms with van der Waals surface area (Å²) in [7, 11) is 0. The second kappa shape index (κ2) is 6.10. The highest BCUT2D eigenvalue weighted by Crippen LogP contribution is 2.37. The summed E-state index contributed by atoms with van der Waals surface area (Å²) in [5.41, 5.74) is 1.000. The monoisotopic (exact) mass is 399 g/mol. The highest BCUT2D eigenvalue weighted by molar-refractivity contribution is 9.11.